The maximum atomic E-state index is 11.1. The van der Waals surface area contributed by atoms with E-state index in [9.17, 15) is 10.1 Å². The first-order valence-corrected chi connectivity index (χ1v) is 6.30. The number of rotatable bonds is 4. The van der Waals surface area contributed by atoms with E-state index in [2.05, 4.69) is 5.10 Å². The molecule has 1 aromatic rings. The molecule has 0 atom stereocenters. The third kappa shape index (κ3) is 2.31. The largest absolute Gasteiger partial charge is 0.329 e. The smallest absolute Gasteiger partial charge is 0.258 e. The molecule has 1 aliphatic carbocycles. The highest BCUT2D eigenvalue weighted by molar-refractivity contribution is 6.31. The molecule has 0 N–H and O–H groups in total. The monoisotopic (exact) mass is 268 g/mol. The van der Waals surface area contributed by atoms with E-state index in [4.69, 9.17) is 16.9 Å². The maximum Gasteiger partial charge on any atom is 0.329 e. The molecule has 0 unspecified atom stereocenters. The van der Waals surface area contributed by atoms with Crippen LogP contribution in [0.3, 0.4) is 0 Å². The average molecular weight is 269 g/mol. The van der Waals surface area contributed by atoms with E-state index >= 15 is 0 Å². The minimum atomic E-state index is -0.466. The zero-order chi connectivity index (χ0) is 13.1. The summed E-state index contributed by atoms with van der Waals surface area (Å²) in [7, 11) is 0. The Morgan fingerprint density at radius 1 is 1.56 bits per heavy atom. The number of nitro groups is 1. The van der Waals surface area contributed by atoms with Crippen molar-refractivity contribution in [2.75, 3.05) is 0 Å². The van der Waals surface area contributed by atoms with Gasteiger partial charge in [0.2, 0.25) is 5.15 Å². The lowest BCUT2D eigenvalue weighted by Gasteiger charge is -2.03. The second-order valence-corrected chi connectivity index (χ2v) is 4.75. The highest BCUT2D eigenvalue weighted by Crippen LogP contribution is 2.40. The molecule has 0 radical (unpaired) electrons. The molecule has 2 rings (SSSR count). The summed E-state index contributed by atoms with van der Waals surface area (Å²) in [6, 6.07) is 1.98. The molecule has 1 aromatic heterocycles. The molecule has 6 nitrogen and oxygen atoms in total. The van der Waals surface area contributed by atoms with Gasteiger partial charge in [-0.3, -0.25) is 10.1 Å². The first kappa shape index (κ1) is 12.8. The number of hydrogen-bond donors (Lipinski definition) is 0. The van der Waals surface area contributed by atoms with E-state index in [1.165, 1.54) is 4.68 Å². The lowest BCUT2D eigenvalue weighted by molar-refractivity contribution is -0.385. The minimum absolute atomic E-state index is 0.0390. The molecular weight excluding hydrogens is 256 g/mol. The molecule has 7 heteroatoms. The van der Waals surface area contributed by atoms with Crippen molar-refractivity contribution in [3.05, 3.63) is 21.0 Å². The number of nitrogens with zero attached hydrogens (tertiary/aromatic N) is 4. The Labute approximate surface area is 109 Å². The van der Waals surface area contributed by atoms with Crippen LogP contribution in [-0.2, 0) is 6.54 Å². The van der Waals surface area contributed by atoms with Crippen molar-refractivity contribution in [3.63, 3.8) is 0 Å². The van der Waals surface area contributed by atoms with Gasteiger partial charge in [-0.05, 0) is 12.8 Å². The van der Waals surface area contributed by atoms with E-state index in [1.54, 1.807) is 0 Å². The van der Waals surface area contributed by atoms with Gasteiger partial charge in [0.1, 0.15) is 5.69 Å². The first-order valence-electron chi connectivity index (χ1n) is 5.92. The van der Waals surface area contributed by atoms with Crippen molar-refractivity contribution in [1.29, 1.82) is 5.26 Å². The second-order valence-electron chi connectivity index (χ2n) is 4.39. The fraction of sp³-hybridized carbons (Fsp3) is 0.636. The molecule has 1 aliphatic rings. The lowest BCUT2D eigenvalue weighted by atomic mass is 10.0. The Morgan fingerprint density at radius 3 is 2.78 bits per heavy atom. The van der Waals surface area contributed by atoms with Crippen LogP contribution in [0.5, 0.6) is 0 Å². The molecule has 1 saturated carbocycles. The van der Waals surface area contributed by atoms with Crippen LogP contribution in [0, 0.1) is 21.4 Å². The molecule has 0 aliphatic heterocycles. The predicted molar refractivity (Wildman–Crippen MR) is 65.3 cm³/mol. The SMILES string of the molecule is N#CCCn1nc(C2CCCC2)c([N+](=O)[O-])c1Cl. The molecule has 0 aromatic carbocycles. The fourth-order valence-electron chi connectivity index (χ4n) is 2.40. The molecule has 0 spiro atoms. The van der Waals surface area contributed by atoms with Crippen LogP contribution in [0.15, 0.2) is 0 Å². The zero-order valence-corrected chi connectivity index (χ0v) is 10.6. The van der Waals surface area contributed by atoms with Crippen molar-refractivity contribution in [3.8, 4) is 6.07 Å². The summed E-state index contributed by atoms with van der Waals surface area (Å²) < 4.78 is 1.37. The van der Waals surface area contributed by atoms with Gasteiger partial charge in [-0.15, -0.1) is 0 Å². The van der Waals surface area contributed by atoms with Gasteiger partial charge in [-0.2, -0.15) is 10.4 Å². The van der Waals surface area contributed by atoms with Crippen LogP contribution >= 0.6 is 11.6 Å². The van der Waals surface area contributed by atoms with Crippen LogP contribution in [0.25, 0.3) is 0 Å². The number of aromatic nitrogens is 2. The molecule has 1 fully saturated rings. The molecule has 0 bridgehead atoms. The summed E-state index contributed by atoms with van der Waals surface area (Å²) in [5, 5.41) is 23.9. The van der Waals surface area contributed by atoms with Crippen LogP contribution in [0.1, 0.15) is 43.7 Å². The zero-order valence-electron chi connectivity index (χ0n) is 9.80. The van der Waals surface area contributed by atoms with Gasteiger partial charge >= 0.3 is 5.69 Å². The number of aryl methyl sites for hydroxylation is 1. The minimum Gasteiger partial charge on any atom is -0.258 e. The summed E-state index contributed by atoms with van der Waals surface area (Å²) in [6.45, 7) is 0.295. The van der Waals surface area contributed by atoms with E-state index in [-0.39, 0.29) is 23.2 Å². The van der Waals surface area contributed by atoms with Gasteiger partial charge in [-0.1, -0.05) is 24.4 Å². The quantitative estimate of drug-likeness (QED) is 0.620. The lowest BCUT2D eigenvalue weighted by Crippen LogP contribution is -2.01. The van der Waals surface area contributed by atoms with Crippen LogP contribution in [0.2, 0.25) is 5.15 Å². The normalized spacial score (nSPS) is 15.8. The van der Waals surface area contributed by atoms with Gasteiger partial charge < -0.3 is 0 Å². The Bertz CT molecular complexity index is 500. The third-order valence-electron chi connectivity index (χ3n) is 3.25. The fourth-order valence-corrected chi connectivity index (χ4v) is 2.68. The van der Waals surface area contributed by atoms with Crippen LogP contribution < -0.4 is 0 Å². The van der Waals surface area contributed by atoms with Gasteiger partial charge in [0.05, 0.1) is 24.0 Å². The summed E-state index contributed by atoms with van der Waals surface area (Å²) in [5.41, 5.74) is 0.405. The van der Waals surface area contributed by atoms with E-state index in [0.29, 0.717) is 12.2 Å². The van der Waals surface area contributed by atoms with Crippen molar-refractivity contribution < 1.29 is 4.92 Å². The summed E-state index contributed by atoms with van der Waals surface area (Å²) in [6.07, 6.45) is 4.23. The average Bonchev–Trinajstić information content (AvgIpc) is 2.93. The molecule has 18 heavy (non-hydrogen) atoms. The van der Waals surface area contributed by atoms with Gasteiger partial charge in [0.25, 0.3) is 0 Å². The summed E-state index contributed by atoms with van der Waals surface area (Å²) in [4.78, 5) is 10.6. The second kappa shape index (κ2) is 5.36. The molecule has 0 saturated heterocycles. The topological polar surface area (TPSA) is 84.8 Å². The number of halogens is 1. The first-order chi connectivity index (χ1) is 8.65. The summed E-state index contributed by atoms with van der Waals surface area (Å²) in [5.74, 6) is 0.131. The highest BCUT2D eigenvalue weighted by Gasteiger charge is 2.33. The van der Waals surface area contributed by atoms with Gasteiger partial charge in [-0.25, -0.2) is 4.68 Å². The standard InChI is InChI=1S/C11H13ClN4O2/c12-11-10(16(17)18)9(8-4-1-2-5-8)14-15(11)7-3-6-13/h8H,1-5,7H2. The number of hydrogen-bond acceptors (Lipinski definition) is 4. The Hall–Kier alpha value is -1.61. The van der Waals surface area contributed by atoms with E-state index in [0.717, 1.165) is 25.7 Å². The van der Waals surface area contributed by atoms with Gasteiger partial charge in [0.15, 0.2) is 0 Å². The Balaban J connectivity index is 2.37. The highest BCUT2D eigenvalue weighted by atomic mass is 35.5. The third-order valence-corrected chi connectivity index (χ3v) is 3.63. The molecule has 1 heterocycles. The summed E-state index contributed by atoms with van der Waals surface area (Å²) >= 11 is 5.99. The molecule has 96 valence electrons. The van der Waals surface area contributed by atoms with Crippen molar-refractivity contribution in [2.24, 2.45) is 0 Å². The van der Waals surface area contributed by atoms with Crippen molar-refractivity contribution in [1.82, 2.24) is 9.78 Å². The number of nitriles is 1. The van der Waals surface area contributed by atoms with Crippen LogP contribution in [0.4, 0.5) is 5.69 Å². The van der Waals surface area contributed by atoms with Crippen LogP contribution in [-0.4, -0.2) is 14.7 Å². The van der Waals surface area contributed by atoms with Gasteiger partial charge in [0, 0.05) is 5.92 Å². The van der Waals surface area contributed by atoms with Crippen molar-refractivity contribution in [2.45, 2.75) is 44.6 Å². The maximum absolute atomic E-state index is 11.1. The van der Waals surface area contributed by atoms with E-state index < -0.39 is 4.92 Å². The predicted octanol–water partition coefficient (Wildman–Crippen LogP) is 3.02. The Kier molecular flexibility index (Phi) is 3.82. The Morgan fingerprint density at radius 2 is 2.22 bits per heavy atom. The molecule has 0 amide bonds. The molecular formula is C11H13ClN4O2. The van der Waals surface area contributed by atoms with E-state index in [1.807, 2.05) is 6.07 Å². The van der Waals surface area contributed by atoms with Crippen molar-refractivity contribution >= 4 is 17.3 Å².